The number of aromatic nitrogens is 2. The van der Waals surface area contributed by atoms with E-state index in [2.05, 4.69) is 9.97 Å². The van der Waals surface area contributed by atoms with Gasteiger partial charge in [0.1, 0.15) is 11.6 Å². The van der Waals surface area contributed by atoms with Crippen LogP contribution in [0.2, 0.25) is 0 Å². The highest BCUT2D eigenvalue weighted by Crippen LogP contribution is 2.38. The van der Waals surface area contributed by atoms with E-state index in [1.165, 1.54) is 17.2 Å². The van der Waals surface area contributed by atoms with E-state index in [0.29, 0.717) is 18.1 Å². The second kappa shape index (κ2) is 6.70. The number of aliphatic carboxylic acids is 1. The molecule has 1 saturated heterocycles. The Labute approximate surface area is 142 Å². The van der Waals surface area contributed by atoms with Gasteiger partial charge in [-0.05, 0) is 11.6 Å². The van der Waals surface area contributed by atoms with Gasteiger partial charge in [-0.1, -0.05) is 30.3 Å². The molecular weight excluding hydrogens is 335 g/mol. The van der Waals surface area contributed by atoms with Crippen LogP contribution in [0.3, 0.4) is 0 Å². The Balaban J connectivity index is 1.80. The number of carbonyl (C=O) groups is 1. The van der Waals surface area contributed by atoms with Crippen molar-refractivity contribution in [1.82, 2.24) is 9.97 Å². The molecule has 2 aromatic rings. The Morgan fingerprint density at radius 3 is 2.52 bits per heavy atom. The molecule has 8 heteroatoms. The molecule has 0 spiro atoms. The van der Waals surface area contributed by atoms with Crippen LogP contribution in [0, 0.1) is 11.8 Å². The number of benzene rings is 1. The molecule has 25 heavy (non-hydrogen) atoms. The molecule has 1 N–H and O–H groups in total. The maximum absolute atomic E-state index is 13.1. The number of rotatable bonds is 4. The minimum atomic E-state index is -4.56. The number of hydrogen-bond acceptors (Lipinski definition) is 4. The summed E-state index contributed by atoms with van der Waals surface area (Å²) in [5.74, 6) is -4.04. The van der Waals surface area contributed by atoms with Crippen molar-refractivity contribution in [2.24, 2.45) is 11.8 Å². The summed E-state index contributed by atoms with van der Waals surface area (Å²) in [4.78, 5) is 21.0. The molecule has 3 rings (SSSR count). The van der Waals surface area contributed by atoms with Crippen LogP contribution in [0.1, 0.15) is 11.4 Å². The number of anilines is 1. The fourth-order valence-corrected chi connectivity index (χ4v) is 3.00. The van der Waals surface area contributed by atoms with Crippen LogP contribution in [0.5, 0.6) is 0 Å². The lowest BCUT2D eigenvalue weighted by atomic mass is 9.96. The summed E-state index contributed by atoms with van der Waals surface area (Å²) in [5, 5.41) is 9.10. The van der Waals surface area contributed by atoms with Crippen molar-refractivity contribution in [3.63, 3.8) is 0 Å². The van der Waals surface area contributed by atoms with Crippen molar-refractivity contribution < 1.29 is 23.1 Å². The van der Waals surface area contributed by atoms with Crippen LogP contribution in [-0.2, 0) is 11.2 Å². The molecule has 2 heterocycles. The zero-order chi connectivity index (χ0) is 18.0. The second-order valence-electron chi connectivity index (χ2n) is 5.99. The summed E-state index contributed by atoms with van der Waals surface area (Å²) < 4.78 is 39.3. The molecular formula is C17H16F3N3O2. The Hall–Kier alpha value is -2.64. The van der Waals surface area contributed by atoms with Crippen molar-refractivity contribution in [2.45, 2.75) is 12.6 Å². The number of nitrogens with zero attached hydrogens (tertiary/aromatic N) is 3. The SMILES string of the molecule is O=C(O)[C@@H]1CN(c2ccnc(Cc3ccccc3)n2)C[C@H]1C(F)(F)F. The minimum absolute atomic E-state index is 0.221. The van der Waals surface area contributed by atoms with E-state index in [0.717, 1.165) is 5.56 Å². The van der Waals surface area contributed by atoms with Crippen LogP contribution in [0.15, 0.2) is 42.6 Å². The number of hydrogen-bond donors (Lipinski definition) is 1. The highest BCUT2D eigenvalue weighted by molar-refractivity contribution is 5.72. The van der Waals surface area contributed by atoms with Gasteiger partial charge in [0, 0.05) is 25.7 Å². The predicted molar refractivity (Wildman–Crippen MR) is 84.2 cm³/mol. The van der Waals surface area contributed by atoms with Crippen LogP contribution in [0.25, 0.3) is 0 Å². The lowest BCUT2D eigenvalue weighted by molar-refractivity contribution is -0.187. The second-order valence-corrected chi connectivity index (χ2v) is 5.99. The molecule has 0 bridgehead atoms. The Bertz CT molecular complexity index is 752. The highest BCUT2D eigenvalue weighted by Gasteiger charge is 2.52. The summed E-state index contributed by atoms with van der Waals surface area (Å²) in [6, 6.07) is 11.0. The van der Waals surface area contributed by atoms with E-state index < -0.39 is 30.5 Å². The fourth-order valence-electron chi connectivity index (χ4n) is 3.00. The van der Waals surface area contributed by atoms with Gasteiger partial charge in [0.25, 0.3) is 0 Å². The molecule has 0 unspecified atom stereocenters. The topological polar surface area (TPSA) is 66.3 Å². The van der Waals surface area contributed by atoms with E-state index >= 15 is 0 Å². The van der Waals surface area contributed by atoms with Gasteiger partial charge in [0.15, 0.2) is 0 Å². The molecule has 5 nitrogen and oxygen atoms in total. The summed E-state index contributed by atoms with van der Waals surface area (Å²) in [7, 11) is 0. The maximum Gasteiger partial charge on any atom is 0.394 e. The molecule has 0 radical (unpaired) electrons. The van der Waals surface area contributed by atoms with Gasteiger partial charge >= 0.3 is 12.1 Å². The molecule has 0 aliphatic carbocycles. The summed E-state index contributed by atoms with van der Waals surface area (Å²) in [6.45, 7) is -0.635. The van der Waals surface area contributed by atoms with Gasteiger partial charge in [-0.25, -0.2) is 9.97 Å². The first-order chi connectivity index (χ1) is 11.8. The average molecular weight is 351 g/mol. The molecule has 0 saturated carbocycles. The van der Waals surface area contributed by atoms with Gasteiger partial charge in [-0.2, -0.15) is 13.2 Å². The third-order valence-electron chi connectivity index (χ3n) is 4.28. The first-order valence-corrected chi connectivity index (χ1v) is 7.75. The van der Waals surface area contributed by atoms with Crippen molar-refractivity contribution in [1.29, 1.82) is 0 Å². The number of carboxylic acids is 1. The zero-order valence-corrected chi connectivity index (χ0v) is 13.1. The van der Waals surface area contributed by atoms with Crippen LogP contribution in [-0.4, -0.2) is 40.3 Å². The zero-order valence-electron chi connectivity index (χ0n) is 13.1. The Morgan fingerprint density at radius 2 is 1.92 bits per heavy atom. The lowest BCUT2D eigenvalue weighted by Gasteiger charge is -2.19. The number of alkyl halides is 3. The van der Waals surface area contributed by atoms with Crippen molar-refractivity contribution in [3.8, 4) is 0 Å². The molecule has 1 aromatic heterocycles. The molecule has 1 aliphatic heterocycles. The van der Waals surface area contributed by atoms with Crippen LogP contribution in [0.4, 0.5) is 19.0 Å². The van der Waals surface area contributed by atoms with Gasteiger partial charge in [0.2, 0.25) is 0 Å². The standard InChI is InChI=1S/C17H16F3N3O2/c18-17(19,20)13-10-23(9-12(13)16(24)25)15-6-7-21-14(22-15)8-11-4-2-1-3-5-11/h1-7,12-13H,8-10H2,(H,24,25)/t12-,13-/m1/s1. The monoisotopic (exact) mass is 351 g/mol. The Morgan fingerprint density at radius 1 is 1.20 bits per heavy atom. The minimum Gasteiger partial charge on any atom is -0.481 e. The number of carboxylic acid groups (broad SMARTS) is 1. The average Bonchev–Trinajstić information content (AvgIpc) is 3.02. The fraction of sp³-hybridized carbons (Fsp3) is 0.353. The third-order valence-corrected chi connectivity index (χ3v) is 4.28. The first-order valence-electron chi connectivity index (χ1n) is 7.75. The van der Waals surface area contributed by atoms with Crippen LogP contribution >= 0.6 is 0 Å². The quantitative estimate of drug-likeness (QED) is 0.918. The largest absolute Gasteiger partial charge is 0.481 e. The summed E-state index contributed by atoms with van der Waals surface area (Å²) >= 11 is 0. The van der Waals surface area contributed by atoms with E-state index in [9.17, 15) is 18.0 Å². The van der Waals surface area contributed by atoms with Crippen molar-refractivity contribution >= 4 is 11.8 Å². The first kappa shape index (κ1) is 17.2. The number of halogens is 3. The van der Waals surface area contributed by atoms with Gasteiger partial charge in [-0.15, -0.1) is 0 Å². The smallest absolute Gasteiger partial charge is 0.394 e. The Kier molecular flexibility index (Phi) is 4.61. The van der Waals surface area contributed by atoms with E-state index in [-0.39, 0.29) is 6.54 Å². The molecule has 2 atom stereocenters. The third kappa shape index (κ3) is 3.89. The predicted octanol–water partition coefficient (Wildman–Crippen LogP) is 2.77. The van der Waals surface area contributed by atoms with E-state index in [4.69, 9.17) is 5.11 Å². The maximum atomic E-state index is 13.1. The molecule has 1 fully saturated rings. The molecule has 1 aliphatic rings. The lowest BCUT2D eigenvalue weighted by Crippen LogP contribution is -2.33. The highest BCUT2D eigenvalue weighted by atomic mass is 19.4. The van der Waals surface area contributed by atoms with Gasteiger partial charge in [-0.3, -0.25) is 4.79 Å². The molecule has 132 valence electrons. The van der Waals surface area contributed by atoms with Crippen molar-refractivity contribution in [2.75, 3.05) is 18.0 Å². The van der Waals surface area contributed by atoms with Crippen LogP contribution < -0.4 is 4.90 Å². The summed E-state index contributed by atoms with van der Waals surface area (Å²) in [6.07, 6.45) is -2.62. The molecule has 0 amide bonds. The van der Waals surface area contributed by atoms with Gasteiger partial charge < -0.3 is 10.0 Å². The van der Waals surface area contributed by atoms with Gasteiger partial charge in [0.05, 0.1) is 11.8 Å². The summed E-state index contributed by atoms with van der Waals surface area (Å²) in [5.41, 5.74) is 0.984. The van der Waals surface area contributed by atoms with Crippen molar-refractivity contribution in [3.05, 3.63) is 54.0 Å². The normalized spacial score (nSPS) is 20.7. The molecule has 1 aromatic carbocycles. The van der Waals surface area contributed by atoms with E-state index in [1.54, 1.807) is 0 Å². The van der Waals surface area contributed by atoms with E-state index in [1.807, 2.05) is 30.3 Å².